The number of rotatable bonds is 2. The molecule has 2 aromatic rings. The van der Waals surface area contributed by atoms with Gasteiger partial charge in [0.1, 0.15) is 23.2 Å². The lowest BCUT2D eigenvalue weighted by molar-refractivity contribution is -0.0159. The minimum atomic E-state index is -1.13. The van der Waals surface area contributed by atoms with E-state index in [1.165, 1.54) is 12.1 Å². The van der Waals surface area contributed by atoms with Crippen molar-refractivity contribution in [3.8, 4) is 23.1 Å². The first-order chi connectivity index (χ1) is 11.0. The van der Waals surface area contributed by atoms with Crippen LogP contribution in [0, 0.1) is 11.3 Å². The first-order valence-electron chi connectivity index (χ1n) is 6.45. The largest absolute Gasteiger partial charge is 0.478 e. The Morgan fingerprint density at radius 3 is 2.83 bits per heavy atom. The summed E-state index contributed by atoms with van der Waals surface area (Å²) in [6, 6.07) is 4.71. The van der Waals surface area contributed by atoms with Gasteiger partial charge in [-0.2, -0.15) is 10.2 Å². The van der Waals surface area contributed by atoms with Gasteiger partial charge >= 0.3 is 5.97 Å². The Labute approximate surface area is 130 Å². The second-order valence-electron chi connectivity index (χ2n) is 4.73. The van der Waals surface area contributed by atoms with Crippen LogP contribution in [-0.2, 0) is 11.3 Å². The Balaban J connectivity index is 2.34. The fourth-order valence-corrected chi connectivity index (χ4v) is 2.32. The van der Waals surface area contributed by atoms with Crippen molar-refractivity contribution in [2.75, 3.05) is 18.3 Å². The lowest BCUT2D eigenvalue weighted by atomic mass is 9.99. The van der Waals surface area contributed by atoms with Gasteiger partial charge in [-0.3, -0.25) is 0 Å². The van der Waals surface area contributed by atoms with Crippen molar-refractivity contribution in [1.82, 2.24) is 9.97 Å². The van der Waals surface area contributed by atoms with Crippen LogP contribution in [0.5, 0.6) is 5.75 Å². The molecular formula is C14H11N5O4. The minimum absolute atomic E-state index is 0.000898. The van der Waals surface area contributed by atoms with Crippen LogP contribution in [0.1, 0.15) is 21.5 Å². The number of aromatic carboxylic acids is 1. The summed E-state index contributed by atoms with van der Waals surface area (Å²) in [4.78, 5) is 19.1. The Morgan fingerprint density at radius 1 is 1.35 bits per heavy atom. The van der Waals surface area contributed by atoms with Gasteiger partial charge in [0, 0.05) is 11.1 Å². The molecule has 1 aromatic carbocycles. The van der Waals surface area contributed by atoms with Crippen molar-refractivity contribution in [3.05, 3.63) is 28.8 Å². The third-order valence-electron chi connectivity index (χ3n) is 3.28. The zero-order valence-corrected chi connectivity index (χ0v) is 11.7. The molecule has 1 aliphatic rings. The zero-order chi connectivity index (χ0) is 16.6. The van der Waals surface area contributed by atoms with E-state index in [0.717, 1.165) is 0 Å². The molecule has 0 bridgehead atoms. The summed E-state index contributed by atoms with van der Waals surface area (Å²) in [5.74, 6) is -0.960. The molecule has 0 unspecified atom stereocenters. The van der Waals surface area contributed by atoms with E-state index in [1.54, 1.807) is 0 Å². The number of carboxylic acids is 1. The smallest absolute Gasteiger partial charge is 0.335 e. The quantitative estimate of drug-likeness (QED) is 0.727. The highest BCUT2D eigenvalue weighted by Gasteiger charge is 2.24. The zero-order valence-electron chi connectivity index (χ0n) is 11.7. The number of hydrogen-bond acceptors (Lipinski definition) is 8. The van der Waals surface area contributed by atoms with Gasteiger partial charge in [0.2, 0.25) is 5.95 Å². The Kier molecular flexibility index (Phi) is 3.44. The predicted octanol–water partition coefficient (Wildman–Crippen LogP) is 0.744. The van der Waals surface area contributed by atoms with Crippen molar-refractivity contribution in [2.45, 2.75) is 6.61 Å². The standard InChI is InChI=1S/C14H11N5O4/c15-3-9-10(18-14(17)19-12(9)16)8-2-6(13(20)21)1-7-4-22-5-23-11(7)8/h1-2H,4-5H2,(H,20,21)(H4,16,17,18,19). The van der Waals surface area contributed by atoms with E-state index in [0.29, 0.717) is 16.9 Å². The summed E-state index contributed by atoms with van der Waals surface area (Å²) < 4.78 is 10.6. The van der Waals surface area contributed by atoms with Gasteiger partial charge in [-0.1, -0.05) is 0 Å². The lowest BCUT2D eigenvalue weighted by Crippen LogP contribution is -2.14. The van der Waals surface area contributed by atoms with E-state index in [1.807, 2.05) is 6.07 Å². The number of nitriles is 1. The van der Waals surface area contributed by atoms with Gasteiger partial charge in [0.25, 0.3) is 0 Å². The maximum Gasteiger partial charge on any atom is 0.335 e. The van der Waals surface area contributed by atoms with E-state index in [-0.39, 0.29) is 42.0 Å². The number of benzene rings is 1. The van der Waals surface area contributed by atoms with Crippen LogP contribution in [-0.4, -0.2) is 27.8 Å². The van der Waals surface area contributed by atoms with E-state index in [4.69, 9.17) is 20.9 Å². The highest BCUT2D eigenvalue weighted by atomic mass is 16.7. The van der Waals surface area contributed by atoms with Gasteiger partial charge < -0.3 is 26.0 Å². The first-order valence-corrected chi connectivity index (χ1v) is 6.45. The Bertz CT molecular complexity index is 859. The molecule has 1 aliphatic heterocycles. The molecule has 0 saturated carbocycles. The van der Waals surface area contributed by atoms with Gasteiger partial charge in [-0.25, -0.2) is 9.78 Å². The number of ether oxygens (including phenoxy) is 2. The maximum atomic E-state index is 11.3. The van der Waals surface area contributed by atoms with Gasteiger partial charge in [0.15, 0.2) is 6.79 Å². The van der Waals surface area contributed by atoms with Crippen LogP contribution >= 0.6 is 0 Å². The molecule has 3 rings (SSSR count). The van der Waals surface area contributed by atoms with Crippen LogP contribution in [0.2, 0.25) is 0 Å². The molecule has 0 amide bonds. The highest BCUT2D eigenvalue weighted by molar-refractivity contribution is 5.92. The highest BCUT2D eigenvalue weighted by Crippen LogP contribution is 2.38. The molecule has 116 valence electrons. The van der Waals surface area contributed by atoms with Crippen LogP contribution < -0.4 is 16.2 Å². The van der Waals surface area contributed by atoms with Crippen LogP contribution in [0.25, 0.3) is 11.3 Å². The third-order valence-corrected chi connectivity index (χ3v) is 3.28. The summed E-state index contributed by atoms with van der Waals surface area (Å²) in [7, 11) is 0. The van der Waals surface area contributed by atoms with Crippen LogP contribution in [0.15, 0.2) is 12.1 Å². The molecule has 0 spiro atoms. The number of carboxylic acid groups (broad SMARTS) is 1. The van der Waals surface area contributed by atoms with Crippen molar-refractivity contribution in [3.63, 3.8) is 0 Å². The average molecular weight is 313 g/mol. The third kappa shape index (κ3) is 2.47. The molecule has 23 heavy (non-hydrogen) atoms. The summed E-state index contributed by atoms with van der Waals surface area (Å²) in [6.07, 6.45) is 0. The van der Waals surface area contributed by atoms with Crippen molar-refractivity contribution >= 4 is 17.7 Å². The predicted molar refractivity (Wildman–Crippen MR) is 78.3 cm³/mol. The molecule has 0 aliphatic carbocycles. The summed E-state index contributed by atoms with van der Waals surface area (Å²) in [6.45, 7) is 0.186. The number of aromatic nitrogens is 2. The Hall–Kier alpha value is -3.38. The second kappa shape index (κ2) is 5.43. The van der Waals surface area contributed by atoms with Crippen molar-refractivity contribution in [2.24, 2.45) is 0 Å². The molecular weight excluding hydrogens is 302 g/mol. The maximum absolute atomic E-state index is 11.3. The summed E-state index contributed by atoms with van der Waals surface area (Å²) in [5, 5.41) is 18.6. The number of nitrogen functional groups attached to an aromatic ring is 2. The molecule has 0 fully saturated rings. The number of fused-ring (bicyclic) bond motifs is 1. The van der Waals surface area contributed by atoms with E-state index >= 15 is 0 Å². The monoisotopic (exact) mass is 313 g/mol. The molecule has 5 N–H and O–H groups in total. The van der Waals surface area contributed by atoms with Gasteiger partial charge in [0.05, 0.1) is 17.9 Å². The van der Waals surface area contributed by atoms with Crippen molar-refractivity contribution < 1.29 is 19.4 Å². The molecule has 1 aromatic heterocycles. The topological polar surface area (TPSA) is 157 Å². The molecule has 2 heterocycles. The molecule has 9 heteroatoms. The fourth-order valence-electron chi connectivity index (χ4n) is 2.32. The molecule has 9 nitrogen and oxygen atoms in total. The number of nitrogens with two attached hydrogens (primary N) is 2. The Morgan fingerprint density at radius 2 is 2.13 bits per heavy atom. The van der Waals surface area contributed by atoms with Crippen molar-refractivity contribution in [1.29, 1.82) is 5.26 Å². The summed E-state index contributed by atoms with van der Waals surface area (Å²) >= 11 is 0. The average Bonchev–Trinajstić information content (AvgIpc) is 2.53. The van der Waals surface area contributed by atoms with Crippen LogP contribution in [0.4, 0.5) is 11.8 Å². The molecule has 0 radical (unpaired) electrons. The van der Waals surface area contributed by atoms with E-state index in [2.05, 4.69) is 9.97 Å². The fraction of sp³-hybridized carbons (Fsp3) is 0.143. The number of anilines is 2. The van der Waals surface area contributed by atoms with E-state index in [9.17, 15) is 15.2 Å². The van der Waals surface area contributed by atoms with Gasteiger partial charge in [-0.05, 0) is 12.1 Å². The SMILES string of the molecule is N#Cc1c(N)nc(N)nc1-c1cc(C(=O)O)cc2c1OCOC2. The summed E-state index contributed by atoms with van der Waals surface area (Å²) in [5.41, 5.74) is 12.3. The van der Waals surface area contributed by atoms with Gasteiger partial charge in [-0.15, -0.1) is 0 Å². The molecule has 0 atom stereocenters. The second-order valence-corrected chi connectivity index (χ2v) is 4.73. The number of nitrogens with zero attached hydrogens (tertiary/aromatic N) is 3. The number of hydrogen-bond donors (Lipinski definition) is 3. The lowest BCUT2D eigenvalue weighted by Gasteiger charge is -2.21. The van der Waals surface area contributed by atoms with E-state index < -0.39 is 5.97 Å². The first kappa shape index (κ1) is 14.6. The molecule has 0 saturated heterocycles. The minimum Gasteiger partial charge on any atom is -0.478 e. The van der Waals surface area contributed by atoms with Crippen LogP contribution in [0.3, 0.4) is 0 Å². The number of carbonyl (C=O) groups is 1. The normalized spacial score (nSPS) is 12.8.